The normalized spacial score (nSPS) is 13.1. The number of esters is 3. The summed E-state index contributed by atoms with van der Waals surface area (Å²) in [4.78, 5) is 38.0. The van der Waals surface area contributed by atoms with Crippen molar-refractivity contribution in [1.82, 2.24) is 0 Å². The number of carbonyl (C=O) groups excluding carboxylic acids is 3. The Morgan fingerprint density at radius 1 is 0.328 bits per heavy atom. The molecule has 0 aromatic heterocycles. The van der Waals surface area contributed by atoms with Gasteiger partial charge in [0.2, 0.25) is 0 Å². The molecule has 0 saturated carbocycles. The minimum atomic E-state index is -0.826. The van der Waals surface area contributed by atoms with Crippen molar-refractivity contribution in [2.45, 2.75) is 232 Å². The van der Waals surface area contributed by atoms with Crippen LogP contribution in [0.1, 0.15) is 226 Å². The minimum absolute atomic E-state index is 0.123. The van der Waals surface area contributed by atoms with E-state index in [1.165, 1.54) is 89.9 Å². The number of ether oxygens (including phenoxy) is 3. The molecule has 6 heteroatoms. The van der Waals surface area contributed by atoms with Gasteiger partial charge >= 0.3 is 17.9 Å². The molecule has 6 nitrogen and oxygen atoms in total. The molecule has 0 bridgehead atoms. The third kappa shape index (κ3) is 52.6. The first-order valence-corrected chi connectivity index (χ1v) is 27.1. The first-order chi connectivity index (χ1) is 33.0. The first-order valence-electron chi connectivity index (χ1n) is 27.1. The third-order valence-electron chi connectivity index (χ3n) is 11.1. The number of rotatable bonds is 47. The molecule has 0 N–H and O–H groups in total. The number of carbonyl (C=O) groups is 3. The van der Waals surface area contributed by atoms with E-state index in [0.29, 0.717) is 19.3 Å². The quantitative estimate of drug-likeness (QED) is 0.0199. The highest BCUT2D eigenvalue weighted by Crippen LogP contribution is 2.15. The van der Waals surface area contributed by atoms with Crippen molar-refractivity contribution in [2.24, 2.45) is 0 Å². The summed E-state index contributed by atoms with van der Waals surface area (Å²) in [5.41, 5.74) is 0. The monoisotopic (exact) mass is 927 g/mol. The lowest BCUT2D eigenvalue weighted by atomic mass is 10.0. The van der Waals surface area contributed by atoms with Crippen LogP contribution in [0.25, 0.3) is 0 Å². The molecule has 0 heterocycles. The van der Waals surface area contributed by atoms with Gasteiger partial charge in [0, 0.05) is 19.3 Å². The molecule has 1 atom stereocenters. The molecule has 0 aliphatic carbocycles. The van der Waals surface area contributed by atoms with Crippen molar-refractivity contribution >= 4 is 17.9 Å². The molecule has 0 saturated heterocycles. The van der Waals surface area contributed by atoms with E-state index in [0.717, 1.165) is 89.9 Å². The maximum Gasteiger partial charge on any atom is 0.306 e. The second-order valence-electron chi connectivity index (χ2n) is 17.5. The van der Waals surface area contributed by atoms with Gasteiger partial charge in [-0.15, -0.1) is 0 Å². The Bertz CT molecular complexity index is 1440. The minimum Gasteiger partial charge on any atom is -0.462 e. The lowest BCUT2D eigenvalue weighted by Gasteiger charge is -2.18. The Morgan fingerprint density at radius 2 is 0.687 bits per heavy atom. The zero-order valence-corrected chi connectivity index (χ0v) is 43.1. The van der Waals surface area contributed by atoms with Crippen molar-refractivity contribution < 1.29 is 28.6 Å². The van der Waals surface area contributed by atoms with Gasteiger partial charge in [-0.3, -0.25) is 14.4 Å². The largest absolute Gasteiger partial charge is 0.462 e. The first kappa shape index (κ1) is 62.8. The SMILES string of the molecule is CC/C=C/C=C/C=C/C=C/CCCCCC(=O)OCC(COC(=O)CC/C=C/C/C=C/C/C=C/C/C=C/C/C=C/C/C=C/CC)OC(=O)CCCCCCCCCCCCCCCCCCC. The van der Waals surface area contributed by atoms with E-state index in [1.807, 2.05) is 48.6 Å². The van der Waals surface area contributed by atoms with Gasteiger partial charge < -0.3 is 14.2 Å². The molecule has 0 radical (unpaired) electrons. The highest BCUT2D eigenvalue weighted by atomic mass is 16.6. The van der Waals surface area contributed by atoms with Gasteiger partial charge in [-0.25, -0.2) is 0 Å². The summed E-state index contributed by atoms with van der Waals surface area (Å²) in [6, 6.07) is 0. The van der Waals surface area contributed by atoms with Crippen LogP contribution in [0.3, 0.4) is 0 Å². The number of unbranched alkanes of at least 4 members (excludes halogenated alkanes) is 19. The van der Waals surface area contributed by atoms with Crippen molar-refractivity contribution in [3.8, 4) is 0 Å². The van der Waals surface area contributed by atoms with Gasteiger partial charge in [-0.2, -0.15) is 0 Å². The zero-order chi connectivity index (χ0) is 48.6. The van der Waals surface area contributed by atoms with Crippen LogP contribution in [-0.2, 0) is 28.6 Å². The van der Waals surface area contributed by atoms with E-state index in [-0.39, 0.29) is 37.5 Å². The number of hydrogen-bond acceptors (Lipinski definition) is 6. The van der Waals surface area contributed by atoms with E-state index in [4.69, 9.17) is 14.2 Å². The standard InChI is InChI=1S/C61H98O6/c1-4-7-10-13-16-19-22-25-27-29-30-32-33-36-39-42-45-48-51-54-60(63)66-57-58(56-65-59(62)53-50-47-44-41-38-35-24-21-18-15-12-9-6-3)67-61(64)55-52-49-46-43-40-37-34-31-28-26-23-20-17-14-11-8-5-2/h7,9-10,12,15-16,18-19,21,24-25,27,30,32,35-36,38-39,45,48,58H,4-6,8,11,13-14,17,20,22-23,26,28-29,31,33-34,37,40-44,46-47,49-57H2,1-3H3/b10-7+,12-9+,18-15+,19-16+,24-21+,27-25+,32-30+,38-35+,39-36+,48-45+. The fourth-order valence-electron chi connectivity index (χ4n) is 7.07. The van der Waals surface area contributed by atoms with Crippen LogP contribution in [0.2, 0.25) is 0 Å². The Morgan fingerprint density at radius 3 is 1.15 bits per heavy atom. The van der Waals surface area contributed by atoms with Gasteiger partial charge in [-0.1, -0.05) is 251 Å². The van der Waals surface area contributed by atoms with E-state index in [2.05, 4.69) is 93.7 Å². The van der Waals surface area contributed by atoms with Crippen molar-refractivity contribution in [3.05, 3.63) is 122 Å². The van der Waals surface area contributed by atoms with Crippen LogP contribution < -0.4 is 0 Å². The molecule has 67 heavy (non-hydrogen) atoms. The van der Waals surface area contributed by atoms with Crippen LogP contribution in [0.15, 0.2) is 122 Å². The lowest BCUT2D eigenvalue weighted by molar-refractivity contribution is -0.166. The van der Waals surface area contributed by atoms with Gasteiger partial charge in [0.15, 0.2) is 6.10 Å². The van der Waals surface area contributed by atoms with Gasteiger partial charge in [-0.05, 0) is 77.0 Å². The summed E-state index contributed by atoms with van der Waals surface area (Å²) < 4.78 is 16.7. The summed E-state index contributed by atoms with van der Waals surface area (Å²) in [5.74, 6) is -1.05. The average molecular weight is 927 g/mol. The second-order valence-corrected chi connectivity index (χ2v) is 17.5. The predicted octanol–water partition coefficient (Wildman–Crippen LogP) is 18.1. The fourth-order valence-corrected chi connectivity index (χ4v) is 7.07. The Kier molecular flexibility index (Phi) is 51.0. The summed E-state index contributed by atoms with van der Waals surface area (Å²) in [6.07, 6.45) is 74.9. The Balaban J connectivity index is 4.54. The summed E-state index contributed by atoms with van der Waals surface area (Å²) in [5, 5.41) is 0. The molecule has 0 aromatic rings. The van der Waals surface area contributed by atoms with E-state index in [1.54, 1.807) is 0 Å². The van der Waals surface area contributed by atoms with Gasteiger partial charge in [0.25, 0.3) is 0 Å². The van der Waals surface area contributed by atoms with Crippen LogP contribution in [0, 0.1) is 0 Å². The van der Waals surface area contributed by atoms with Crippen LogP contribution in [0.4, 0.5) is 0 Å². The fraction of sp³-hybridized carbons (Fsp3) is 0.623. The topological polar surface area (TPSA) is 78.9 Å². The highest BCUT2D eigenvalue weighted by Gasteiger charge is 2.19. The molecule has 1 unspecified atom stereocenters. The zero-order valence-electron chi connectivity index (χ0n) is 43.1. The summed E-state index contributed by atoms with van der Waals surface area (Å²) in [7, 11) is 0. The molecule has 0 fully saturated rings. The van der Waals surface area contributed by atoms with Crippen molar-refractivity contribution in [3.63, 3.8) is 0 Å². The van der Waals surface area contributed by atoms with Crippen molar-refractivity contribution in [1.29, 1.82) is 0 Å². The molecule has 0 aromatic carbocycles. The molecule has 0 amide bonds. The maximum absolute atomic E-state index is 12.8. The number of allylic oxidation sites excluding steroid dienone is 20. The van der Waals surface area contributed by atoms with E-state index >= 15 is 0 Å². The molecule has 0 rings (SSSR count). The Hall–Kier alpha value is -4.19. The van der Waals surface area contributed by atoms with Crippen LogP contribution >= 0.6 is 0 Å². The second kappa shape index (κ2) is 54.4. The average Bonchev–Trinajstić information content (AvgIpc) is 3.33. The van der Waals surface area contributed by atoms with Crippen LogP contribution in [-0.4, -0.2) is 37.2 Å². The van der Waals surface area contributed by atoms with Crippen LogP contribution in [0.5, 0.6) is 0 Å². The Labute approximate surface area is 412 Å². The lowest BCUT2D eigenvalue weighted by Crippen LogP contribution is -2.30. The van der Waals surface area contributed by atoms with Crippen molar-refractivity contribution in [2.75, 3.05) is 13.2 Å². The molecular formula is C61H98O6. The molecule has 378 valence electrons. The smallest absolute Gasteiger partial charge is 0.306 e. The summed E-state index contributed by atoms with van der Waals surface area (Å²) >= 11 is 0. The molecule has 0 aliphatic heterocycles. The molecule has 0 aliphatic rings. The molecular weight excluding hydrogens is 829 g/mol. The number of hydrogen-bond donors (Lipinski definition) is 0. The van der Waals surface area contributed by atoms with Gasteiger partial charge in [0.1, 0.15) is 13.2 Å². The predicted molar refractivity (Wildman–Crippen MR) is 288 cm³/mol. The molecule has 0 spiro atoms. The van der Waals surface area contributed by atoms with E-state index < -0.39 is 6.10 Å². The maximum atomic E-state index is 12.8. The highest BCUT2D eigenvalue weighted by molar-refractivity contribution is 5.71. The summed E-state index contributed by atoms with van der Waals surface area (Å²) in [6.45, 7) is 6.28. The van der Waals surface area contributed by atoms with Gasteiger partial charge in [0.05, 0.1) is 0 Å². The third-order valence-corrected chi connectivity index (χ3v) is 11.1. The van der Waals surface area contributed by atoms with E-state index in [9.17, 15) is 14.4 Å².